The normalized spacial score (nSPS) is 19.6. The number of hydrogen-bond acceptors (Lipinski definition) is 3. The summed E-state index contributed by atoms with van der Waals surface area (Å²) in [4.78, 5) is 0. The monoisotopic (exact) mass is 310 g/mol. The average Bonchev–Trinajstić information content (AvgIpc) is 2.72. The van der Waals surface area contributed by atoms with Crippen LogP contribution in [-0.4, -0.2) is 25.4 Å². The number of fused-ring (bicyclic) bond motifs is 1. The lowest BCUT2D eigenvalue weighted by Crippen LogP contribution is -2.41. The molecule has 1 heterocycles. The number of benzene rings is 2. The van der Waals surface area contributed by atoms with Gasteiger partial charge in [-0.25, -0.2) is 0 Å². The molecule has 1 fully saturated rings. The Balaban J connectivity index is 1.93. The Morgan fingerprint density at radius 2 is 1.65 bits per heavy atom. The maximum absolute atomic E-state index is 6.01. The maximum Gasteiger partial charge on any atom is 0.487 e. The van der Waals surface area contributed by atoms with Crippen molar-refractivity contribution in [1.29, 1.82) is 0 Å². The molecule has 3 rings (SSSR count). The van der Waals surface area contributed by atoms with Crippen molar-refractivity contribution in [3.8, 4) is 5.75 Å². The van der Waals surface area contributed by atoms with Crippen LogP contribution >= 0.6 is 0 Å². The second-order valence-electron chi connectivity index (χ2n) is 6.92. The van der Waals surface area contributed by atoms with Gasteiger partial charge in [-0.15, -0.1) is 0 Å². The van der Waals surface area contributed by atoms with E-state index in [1.54, 1.807) is 7.11 Å². The molecular weight excluding hydrogens is 287 g/mol. The zero-order valence-electron chi connectivity index (χ0n) is 14.4. The third kappa shape index (κ3) is 3.01. The van der Waals surface area contributed by atoms with E-state index < -0.39 is 0 Å². The Labute approximate surface area is 138 Å². The first-order valence-corrected chi connectivity index (χ1v) is 7.93. The van der Waals surface area contributed by atoms with Gasteiger partial charge >= 0.3 is 7.12 Å². The molecule has 23 heavy (non-hydrogen) atoms. The Hall–Kier alpha value is -1.78. The molecule has 0 radical (unpaired) electrons. The second kappa shape index (κ2) is 5.70. The fraction of sp³-hybridized carbons (Fsp3) is 0.368. The van der Waals surface area contributed by atoms with Crippen molar-refractivity contribution in [2.75, 3.05) is 7.11 Å². The summed E-state index contributed by atoms with van der Waals surface area (Å²) in [6, 6.07) is 12.3. The highest BCUT2D eigenvalue weighted by Crippen LogP contribution is 2.37. The molecule has 0 aliphatic carbocycles. The molecule has 1 aliphatic heterocycles. The van der Waals surface area contributed by atoms with Gasteiger partial charge in [0.2, 0.25) is 0 Å². The van der Waals surface area contributed by atoms with E-state index >= 15 is 0 Å². The van der Waals surface area contributed by atoms with Crippen LogP contribution in [0.4, 0.5) is 0 Å². The van der Waals surface area contributed by atoms with E-state index in [1.165, 1.54) is 5.39 Å². The van der Waals surface area contributed by atoms with Gasteiger partial charge in [0, 0.05) is 0 Å². The summed E-state index contributed by atoms with van der Waals surface area (Å²) in [5, 5.41) is 2.33. The van der Waals surface area contributed by atoms with Crippen LogP contribution in [0.25, 0.3) is 16.8 Å². The minimum absolute atomic E-state index is 0.321. The molecule has 0 atom stereocenters. The zero-order valence-corrected chi connectivity index (χ0v) is 14.4. The standard InChI is InChI=1S/C19H23BO3/c1-18(2)19(3,4)23-20(22-18)11-10-15-13-16(21-5)12-14-8-6-7-9-17(14)15/h6-13H,1-5H3/b11-10+. The van der Waals surface area contributed by atoms with Crippen LogP contribution in [0, 0.1) is 0 Å². The predicted octanol–water partition coefficient (Wildman–Crippen LogP) is 4.49. The van der Waals surface area contributed by atoms with E-state index in [0.29, 0.717) is 0 Å². The summed E-state index contributed by atoms with van der Waals surface area (Å²) in [6.45, 7) is 8.23. The molecule has 4 heteroatoms. The van der Waals surface area contributed by atoms with Gasteiger partial charge in [0.25, 0.3) is 0 Å². The minimum Gasteiger partial charge on any atom is -0.497 e. The van der Waals surface area contributed by atoms with Crippen molar-refractivity contribution in [3.05, 3.63) is 47.9 Å². The molecule has 1 saturated heterocycles. The number of ether oxygens (including phenoxy) is 1. The van der Waals surface area contributed by atoms with Gasteiger partial charge in [-0.3, -0.25) is 0 Å². The lowest BCUT2D eigenvalue weighted by molar-refractivity contribution is 0.00578. The van der Waals surface area contributed by atoms with Gasteiger partial charge in [0.1, 0.15) is 5.75 Å². The molecule has 1 aliphatic rings. The lowest BCUT2D eigenvalue weighted by Gasteiger charge is -2.32. The first-order valence-electron chi connectivity index (χ1n) is 7.93. The Morgan fingerprint density at radius 3 is 2.30 bits per heavy atom. The number of methoxy groups -OCH3 is 1. The predicted molar refractivity (Wildman–Crippen MR) is 95.6 cm³/mol. The SMILES string of the molecule is COc1cc(/C=C/B2OC(C)(C)C(C)(C)O2)c2ccccc2c1. The van der Waals surface area contributed by atoms with Crippen molar-refractivity contribution < 1.29 is 14.0 Å². The van der Waals surface area contributed by atoms with Crippen LogP contribution in [0.2, 0.25) is 0 Å². The molecular formula is C19H23BO3. The van der Waals surface area contributed by atoms with Crippen LogP contribution < -0.4 is 4.74 Å². The highest BCUT2D eigenvalue weighted by molar-refractivity contribution is 6.52. The molecule has 0 aromatic heterocycles. The van der Waals surface area contributed by atoms with Gasteiger partial charge in [-0.2, -0.15) is 0 Å². The molecule has 0 spiro atoms. The molecule has 0 amide bonds. The maximum atomic E-state index is 6.01. The van der Waals surface area contributed by atoms with Crippen LogP contribution in [0.15, 0.2) is 42.4 Å². The van der Waals surface area contributed by atoms with Gasteiger partial charge in [0.05, 0.1) is 18.3 Å². The first-order chi connectivity index (χ1) is 10.8. The molecule has 120 valence electrons. The van der Waals surface area contributed by atoms with Gasteiger partial charge < -0.3 is 14.0 Å². The highest BCUT2D eigenvalue weighted by Gasteiger charge is 2.49. The smallest absolute Gasteiger partial charge is 0.487 e. The van der Waals surface area contributed by atoms with Crippen LogP contribution in [0.5, 0.6) is 5.75 Å². The third-order valence-corrected chi connectivity index (χ3v) is 4.81. The highest BCUT2D eigenvalue weighted by atomic mass is 16.7. The van der Waals surface area contributed by atoms with Crippen molar-refractivity contribution in [3.63, 3.8) is 0 Å². The van der Waals surface area contributed by atoms with Gasteiger partial charge in [-0.05, 0) is 56.2 Å². The summed E-state index contributed by atoms with van der Waals surface area (Å²) in [5.41, 5.74) is 0.450. The average molecular weight is 310 g/mol. The van der Waals surface area contributed by atoms with Crippen molar-refractivity contribution >= 4 is 24.0 Å². The Morgan fingerprint density at radius 1 is 1.00 bits per heavy atom. The molecule has 0 N–H and O–H groups in total. The molecule has 2 aromatic rings. The Bertz CT molecular complexity index is 733. The Kier molecular flexibility index (Phi) is 3.99. The van der Waals surface area contributed by atoms with E-state index in [0.717, 1.165) is 16.7 Å². The fourth-order valence-corrected chi connectivity index (χ4v) is 2.72. The van der Waals surface area contributed by atoms with E-state index in [-0.39, 0.29) is 18.3 Å². The van der Waals surface area contributed by atoms with Gasteiger partial charge in [0.15, 0.2) is 0 Å². The lowest BCUT2D eigenvalue weighted by atomic mass is 9.88. The topological polar surface area (TPSA) is 27.7 Å². The number of hydrogen-bond donors (Lipinski definition) is 0. The largest absolute Gasteiger partial charge is 0.497 e. The minimum atomic E-state index is -0.343. The summed E-state index contributed by atoms with van der Waals surface area (Å²) < 4.78 is 17.4. The zero-order chi connectivity index (χ0) is 16.7. The van der Waals surface area contributed by atoms with Gasteiger partial charge in [-0.1, -0.05) is 36.3 Å². The van der Waals surface area contributed by atoms with Crippen LogP contribution in [0.3, 0.4) is 0 Å². The molecule has 0 unspecified atom stereocenters. The van der Waals surface area contributed by atoms with Crippen molar-refractivity contribution in [2.45, 2.75) is 38.9 Å². The van der Waals surface area contributed by atoms with Crippen molar-refractivity contribution in [1.82, 2.24) is 0 Å². The van der Waals surface area contributed by atoms with E-state index in [1.807, 2.05) is 36.3 Å². The quantitative estimate of drug-likeness (QED) is 0.782. The molecule has 3 nitrogen and oxygen atoms in total. The van der Waals surface area contributed by atoms with E-state index in [2.05, 4.69) is 39.8 Å². The van der Waals surface area contributed by atoms with Crippen LogP contribution in [-0.2, 0) is 9.31 Å². The second-order valence-corrected chi connectivity index (χ2v) is 6.92. The summed E-state index contributed by atoms with van der Waals surface area (Å²) in [5.74, 6) is 2.81. The number of rotatable bonds is 3. The van der Waals surface area contributed by atoms with E-state index in [4.69, 9.17) is 14.0 Å². The van der Waals surface area contributed by atoms with Crippen LogP contribution in [0.1, 0.15) is 33.3 Å². The summed E-state index contributed by atoms with van der Waals surface area (Å²) in [7, 11) is 1.34. The third-order valence-electron chi connectivity index (χ3n) is 4.81. The van der Waals surface area contributed by atoms with E-state index in [9.17, 15) is 0 Å². The van der Waals surface area contributed by atoms with Crippen molar-refractivity contribution in [2.24, 2.45) is 0 Å². The molecule has 0 bridgehead atoms. The summed E-state index contributed by atoms with van der Waals surface area (Å²) in [6.07, 6.45) is 2.05. The summed E-state index contributed by atoms with van der Waals surface area (Å²) >= 11 is 0. The molecule has 2 aromatic carbocycles. The molecule has 0 saturated carbocycles. The fourth-order valence-electron chi connectivity index (χ4n) is 2.72. The first kappa shape index (κ1) is 16.1.